The minimum atomic E-state index is -1.05. The molecule has 18 heavy (non-hydrogen) atoms. The predicted molar refractivity (Wildman–Crippen MR) is 61.5 cm³/mol. The Labute approximate surface area is 104 Å². The van der Waals surface area contributed by atoms with Gasteiger partial charge < -0.3 is 10.4 Å². The first-order valence-corrected chi connectivity index (χ1v) is 5.52. The van der Waals surface area contributed by atoms with Gasteiger partial charge in [-0.1, -0.05) is 26.0 Å². The lowest BCUT2D eigenvalue weighted by Gasteiger charge is -2.23. The van der Waals surface area contributed by atoms with E-state index in [9.17, 15) is 9.59 Å². The average molecular weight is 255 g/mol. The number of H-pyrrole nitrogens is 1. The van der Waals surface area contributed by atoms with Gasteiger partial charge in [-0.3, -0.25) is 4.79 Å². The first-order valence-electron chi connectivity index (χ1n) is 5.52. The van der Waals surface area contributed by atoms with Gasteiger partial charge in [0.2, 0.25) is 5.91 Å². The Morgan fingerprint density at radius 3 is 2.56 bits per heavy atom. The van der Waals surface area contributed by atoms with Crippen molar-refractivity contribution >= 4 is 11.9 Å². The number of amides is 1. The number of aromatic amines is 1. The van der Waals surface area contributed by atoms with Crippen LogP contribution in [0.3, 0.4) is 0 Å². The fourth-order valence-electron chi connectivity index (χ4n) is 1.46. The molecule has 0 bridgehead atoms. The highest BCUT2D eigenvalue weighted by Crippen LogP contribution is 2.20. The van der Waals surface area contributed by atoms with E-state index in [-0.39, 0.29) is 17.7 Å². The maximum absolute atomic E-state index is 11.6. The summed E-state index contributed by atoms with van der Waals surface area (Å²) < 4.78 is 0. The Hall–Kier alpha value is -1.99. The number of carboxylic acid groups (broad SMARTS) is 1. The molecule has 0 fully saturated rings. The van der Waals surface area contributed by atoms with Crippen LogP contribution in [0.1, 0.15) is 33.0 Å². The van der Waals surface area contributed by atoms with E-state index >= 15 is 0 Å². The van der Waals surface area contributed by atoms with Crippen molar-refractivity contribution in [3.05, 3.63) is 5.82 Å². The lowest BCUT2D eigenvalue weighted by molar-refractivity contribution is -0.142. The molecule has 1 amide bonds. The highest BCUT2D eigenvalue weighted by Gasteiger charge is 2.26. The zero-order valence-electron chi connectivity index (χ0n) is 10.6. The van der Waals surface area contributed by atoms with Gasteiger partial charge in [-0.15, -0.1) is 10.2 Å². The van der Waals surface area contributed by atoms with E-state index in [4.69, 9.17) is 5.11 Å². The van der Waals surface area contributed by atoms with Crippen LogP contribution in [0.2, 0.25) is 0 Å². The molecule has 1 atom stereocenters. The van der Waals surface area contributed by atoms with Gasteiger partial charge in [-0.2, -0.15) is 5.21 Å². The molecule has 0 aliphatic rings. The zero-order chi connectivity index (χ0) is 13.8. The number of aliphatic carboxylic acids is 1. The van der Waals surface area contributed by atoms with Gasteiger partial charge in [0, 0.05) is 0 Å². The molecule has 0 radical (unpaired) electrons. The second-order valence-electron chi connectivity index (χ2n) is 5.23. The van der Waals surface area contributed by atoms with Gasteiger partial charge in [0.25, 0.3) is 0 Å². The fraction of sp³-hybridized carbons (Fsp3) is 0.700. The highest BCUT2D eigenvalue weighted by molar-refractivity contribution is 5.84. The van der Waals surface area contributed by atoms with Crippen molar-refractivity contribution in [1.82, 2.24) is 25.9 Å². The third-order valence-electron chi connectivity index (χ3n) is 2.16. The summed E-state index contributed by atoms with van der Waals surface area (Å²) in [6, 6.07) is -0.913. The second-order valence-corrected chi connectivity index (χ2v) is 5.23. The number of nitrogens with one attached hydrogen (secondary N) is 2. The Bertz CT molecular complexity index is 410. The number of carbonyl (C=O) groups is 2. The summed E-state index contributed by atoms with van der Waals surface area (Å²) in [5.41, 5.74) is -0.192. The molecule has 0 aromatic carbocycles. The quantitative estimate of drug-likeness (QED) is 0.667. The van der Waals surface area contributed by atoms with Crippen molar-refractivity contribution < 1.29 is 14.7 Å². The van der Waals surface area contributed by atoms with Crippen LogP contribution >= 0.6 is 0 Å². The van der Waals surface area contributed by atoms with Crippen LogP contribution in [0.4, 0.5) is 0 Å². The highest BCUT2D eigenvalue weighted by atomic mass is 16.4. The number of hydrogen-bond donors (Lipinski definition) is 3. The smallest absolute Gasteiger partial charge is 0.326 e. The van der Waals surface area contributed by atoms with Gasteiger partial charge in [0.05, 0.1) is 6.42 Å². The SMILES string of the molecule is CC(C)(C)C[C@H](NC(=O)Cc1nn[nH]n1)C(=O)O. The monoisotopic (exact) mass is 255 g/mol. The van der Waals surface area contributed by atoms with E-state index in [2.05, 4.69) is 25.9 Å². The van der Waals surface area contributed by atoms with E-state index < -0.39 is 17.9 Å². The maximum atomic E-state index is 11.6. The topological polar surface area (TPSA) is 121 Å². The third kappa shape index (κ3) is 4.89. The van der Waals surface area contributed by atoms with Crippen LogP contribution in [0.5, 0.6) is 0 Å². The lowest BCUT2D eigenvalue weighted by atomic mass is 9.88. The molecule has 3 N–H and O–H groups in total. The first-order chi connectivity index (χ1) is 8.28. The van der Waals surface area contributed by atoms with Crippen LogP contribution in [0.25, 0.3) is 0 Å². The Kier molecular flexibility index (Phi) is 4.35. The minimum Gasteiger partial charge on any atom is -0.480 e. The van der Waals surface area contributed by atoms with Crippen molar-refractivity contribution in [3.63, 3.8) is 0 Å². The summed E-state index contributed by atoms with van der Waals surface area (Å²) in [6.07, 6.45) is 0.255. The molecular formula is C10H17N5O3. The van der Waals surface area contributed by atoms with Gasteiger partial charge >= 0.3 is 5.97 Å². The van der Waals surface area contributed by atoms with Gasteiger partial charge in [0.1, 0.15) is 6.04 Å². The van der Waals surface area contributed by atoms with Crippen LogP contribution in [-0.2, 0) is 16.0 Å². The molecule has 8 heteroatoms. The van der Waals surface area contributed by atoms with Crippen LogP contribution in [0.15, 0.2) is 0 Å². The molecule has 1 rings (SSSR count). The van der Waals surface area contributed by atoms with Gasteiger partial charge in [-0.25, -0.2) is 4.79 Å². The molecule has 1 heterocycles. The van der Waals surface area contributed by atoms with Gasteiger partial charge in [0.15, 0.2) is 5.82 Å². The largest absolute Gasteiger partial charge is 0.480 e. The Balaban J connectivity index is 2.56. The minimum absolute atomic E-state index is 0.0928. The van der Waals surface area contributed by atoms with Crippen molar-refractivity contribution in [2.45, 2.75) is 39.7 Å². The van der Waals surface area contributed by atoms with E-state index in [1.165, 1.54) is 0 Å². The number of hydrogen-bond acceptors (Lipinski definition) is 5. The maximum Gasteiger partial charge on any atom is 0.326 e. The standard InChI is InChI=1S/C10H17N5O3/c1-10(2,3)5-6(9(17)18)11-8(16)4-7-12-14-15-13-7/h6H,4-5H2,1-3H3,(H,11,16)(H,17,18)(H,12,13,14,15)/t6-/m0/s1. The van der Waals surface area contributed by atoms with Crippen molar-refractivity contribution in [3.8, 4) is 0 Å². The molecule has 0 saturated heterocycles. The summed E-state index contributed by atoms with van der Waals surface area (Å²) in [5.74, 6) is -1.26. The normalized spacial score (nSPS) is 13.1. The van der Waals surface area contributed by atoms with Crippen LogP contribution in [-0.4, -0.2) is 43.6 Å². The van der Waals surface area contributed by atoms with Crippen molar-refractivity contribution in [2.24, 2.45) is 5.41 Å². The molecule has 0 aliphatic carbocycles. The van der Waals surface area contributed by atoms with E-state index in [0.717, 1.165) is 0 Å². The number of rotatable bonds is 5. The number of aromatic nitrogens is 4. The lowest BCUT2D eigenvalue weighted by Crippen LogP contribution is -2.43. The molecule has 0 unspecified atom stereocenters. The third-order valence-corrected chi connectivity index (χ3v) is 2.16. The molecule has 8 nitrogen and oxygen atoms in total. The second kappa shape index (κ2) is 5.56. The molecule has 1 aromatic rings. The Morgan fingerprint density at radius 2 is 2.11 bits per heavy atom. The Morgan fingerprint density at radius 1 is 1.44 bits per heavy atom. The summed E-state index contributed by atoms with van der Waals surface area (Å²) in [4.78, 5) is 22.7. The van der Waals surface area contributed by atoms with Crippen LogP contribution < -0.4 is 5.32 Å². The molecule has 100 valence electrons. The van der Waals surface area contributed by atoms with E-state index in [0.29, 0.717) is 6.42 Å². The number of tetrazole rings is 1. The molecular weight excluding hydrogens is 238 g/mol. The van der Waals surface area contributed by atoms with Crippen molar-refractivity contribution in [1.29, 1.82) is 0 Å². The molecule has 1 aromatic heterocycles. The van der Waals surface area contributed by atoms with Gasteiger partial charge in [-0.05, 0) is 11.8 Å². The number of carboxylic acids is 1. The fourth-order valence-corrected chi connectivity index (χ4v) is 1.46. The molecule has 0 aliphatic heterocycles. The van der Waals surface area contributed by atoms with E-state index in [1.54, 1.807) is 0 Å². The molecule has 0 spiro atoms. The van der Waals surface area contributed by atoms with Crippen molar-refractivity contribution in [2.75, 3.05) is 0 Å². The number of nitrogens with zero attached hydrogens (tertiary/aromatic N) is 3. The number of carbonyl (C=O) groups excluding carboxylic acids is 1. The molecule has 0 saturated carbocycles. The summed E-state index contributed by atoms with van der Waals surface area (Å²) in [5, 5.41) is 24.3. The van der Waals surface area contributed by atoms with Crippen LogP contribution in [0, 0.1) is 5.41 Å². The average Bonchev–Trinajstić information content (AvgIpc) is 2.66. The van der Waals surface area contributed by atoms with E-state index in [1.807, 2.05) is 20.8 Å². The first kappa shape index (κ1) is 14.1. The predicted octanol–water partition coefficient (Wildman–Crippen LogP) is -0.252. The zero-order valence-corrected chi connectivity index (χ0v) is 10.6. The summed E-state index contributed by atoms with van der Waals surface area (Å²) in [6.45, 7) is 5.73. The summed E-state index contributed by atoms with van der Waals surface area (Å²) >= 11 is 0. The summed E-state index contributed by atoms with van der Waals surface area (Å²) in [7, 11) is 0.